The first-order valence-corrected chi connectivity index (χ1v) is 7.41. The molecule has 0 aromatic heterocycles. The molecule has 18 heavy (non-hydrogen) atoms. The maximum absolute atomic E-state index is 11.9. The van der Waals surface area contributed by atoms with E-state index in [0.29, 0.717) is 11.5 Å². The van der Waals surface area contributed by atoms with Crippen molar-refractivity contribution in [3.05, 3.63) is 0 Å². The number of urea groups is 1. The molecule has 2 amide bonds. The first-order valence-electron chi connectivity index (χ1n) is 7.41. The zero-order valence-electron chi connectivity index (χ0n) is 11.2. The van der Waals surface area contributed by atoms with Crippen molar-refractivity contribution in [1.82, 2.24) is 10.6 Å². The monoisotopic (exact) mass is 252 g/mol. The van der Waals surface area contributed by atoms with Gasteiger partial charge in [0.15, 0.2) is 0 Å². The summed E-state index contributed by atoms with van der Waals surface area (Å²) in [6.07, 6.45) is 8.95. The van der Waals surface area contributed by atoms with Gasteiger partial charge < -0.3 is 15.4 Å². The third-order valence-electron chi connectivity index (χ3n) is 4.78. The number of ether oxygens (including phenoxy) is 1. The molecule has 4 heteroatoms. The largest absolute Gasteiger partial charge is 0.373 e. The van der Waals surface area contributed by atoms with Crippen LogP contribution >= 0.6 is 0 Å². The normalized spacial score (nSPS) is 35.5. The van der Waals surface area contributed by atoms with Crippen LogP contribution in [0, 0.1) is 5.41 Å². The van der Waals surface area contributed by atoms with Crippen molar-refractivity contribution in [1.29, 1.82) is 0 Å². The van der Waals surface area contributed by atoms with Crippen molar-refractivity contribution in [2.45, 2.75) is 70.1 Å². The maximum Gasteiger partial charge on any atom is 0.315 e. The molecule has 2 bridgehead atoms. The Balaban J connectivity index is 1.40. The molecule has 3 rings (SSSR count). The van der Waals surface area contributed by atoms with Crippen LogP contribution in [0.1, 0.15) is 51.9 Å². The van der Waals surface area contributed by atoms with Gasteiger partial charge in [-0.25, -0.2) is 4.79 Å². The van der Waals surface area contributed by atoms with Crippen molar-refractivity contribution in [3.8, 4) is 0 Å². The van der Waals surface area contributed by atoms with Crippen molar-refractivity contribution in [3.63, 3.8) is 0 Å². The molecular weight excluding hydrogens is 228 g/mol. The van der Waals surface area contributed by atoms with E-state index in [1.807, 2.05) is 0 Å². The molecule has 0 radical (unpaired) electrons. The van der Waals surface area contributed by atoms with Gasteiger partial charge in [0.1, 0.15) is 0 Å². The Labute approximate surface area is 109 Å². The van der Waals surface area contributed by atoms with Gasteiger partial charge in [-0.1, -0.05) is 13.3 Å². The number of nitrogens with one attached hydrogen (secondary N) is 2. The molecule has 1 aliphatic carbocycles. The van der Waals surface area contributed by atoms with Gasteiger partial charge in [0.25, 0.3) is 0 Å². The standard InChI is InChI=1S/C14H24N2O2/c1-2-5-14(6-7-14)9-15-13(17)16-11-8-10-3-4-12(11)18-10/h10-12H,2-9H2,1H3,(H2,15,16,17)/t10-,11-,12-/m1/s1. The van der Waals surface area contributed by atoms with Crippen LogP contribution in [0.2, 0.25) is 0 Å². The quantitative estimate of drug-likeness (QED) is 0.788. The predicted octanol–water partition coefficient (Wildman–Crippen LogP) is 2.19. The summed E-state index contributed by atoms with van der Waals surface area (Å²) in [5.74, 6) is 0. The predicted molar refractivity (Wildman–Crippen MR) is 69.4 cm³/mol. The van der Waals surface area contributed by atoms with E-state index in [1.165, 1.54) is 32.1 Å². The molecule has 0 aromatic rings. The van der Waals surface area contributed by atoms with Crippen LogP contribution in [0.15, 0.2) is 0 Å². The molecule has 4 nitrogen and oxygen atoms in total. The van der Waals surface area contributed by atoms with E-state index in [4.69, 9.17) is 4.74 Å². The van der Waals surface area contributed by atoms with E-state index in [-0.39, 0.29) is 18.2 Å². The van der Waals surface area contributed by atoms with Crippen LogP contribution in [-0.2, 0) is 4.74 Å². The summed E-state index contributed by atoms with van der Waals surface area (Å²) >= 11 is 0. The Bertz CT molecular complexity index is 328. The molecule has 3 aliphatic rings. The Morgan fingerprint density at radius 3 is 2.78 bits per heavy atom. The van der Waals surface area contributed by atoms with Gasteiger partial charge in [-0.15, -0.1) is 0 Å². The second-order valence-corrected chi connectivity index (χ2v) is 6.29. The summed E-state index contributed by atoms with van der Waals surface area (Å²) < 4.78 is 5.74. The van der Waals surface area contributed by atoms with E-state index >= 15 is 0 Å². The lowest BCUT2D eigenvalue weighted by Crippen LogP contribution is -2.47. The van der Waals surface area contributed by atoms with E-state index in [0.717, 1.165) is 19.4 Å². The number of carbonyl (C=O) groups excluding carboxylic acids is 1. The van der Waals surface area contributed by atoms with E-state index < -0.39 is 0 Å². The Morgan fingerprint density at radius 2 is 2.22 bits per heavy atom. The minimum absolute atomic E-state index is 0.00136. The lowest BCUT2D eigenvalue weighted by molar-refractivity contribution is 0.0980. The Morgan fingerprint density at radius 1 is 1.39 bits per heavy atom. The molecule has 3 atom stereocenters. The molecular formula is C14H24N2O2. The third kappa shape index (κ3) is 2.48. The first kappa shape index (κ1) is 12.3. The van der Waals surface area contributed by atoms with Crippen LogP contribution < -0.4 is 10.6 Å². The van der Waals surface area contributed by atoms with Crippen molar-refractivity contribution in [2.75, 3.05) is 6.54 Å². The van der Waals surface area contributed by atoms with Crippen molar-refractivity contribution >= 4 is 6.03 Å². The summed E-state index contributed by atoms with van der Waals surface area (Å²) in [6, 6.07) is 0.239. The van der Waals surface area contributed by atoms with Gasteiger partial charge in [-0.05, 0) is 43.9 Å². The fourth-order valence-corrected chi connectivity index (χ4v) is 3.50. The number of hydrogen-bond donors (Lipinski definition) is 2. The highest BCUT2D eigenvalue weighted by molar-refractivity contribution is 5.74. The molecule has 1 saturated carbocycles. The molecule has 2 saturated heterocycles. The number of fused-ring (bicyclic) bond motifs is 2. The highest BCUT2D eigenvalue weighted by Gasteiger charge is 2.43. The van der Waals surface area contributed by atoms with Gasteiger partial charge in [-0.3, -0.25) is 0 Å². The third-order valence-corrected chi connectivity index (χ3v) is 4.78. The Kier molecular flexibility index (Phi) is 3.22. The molecule has 2 heterocycles. The van der Waals surface area contributed by atoms with Gasteiger partial charge in [0, 0.05) is 6.54 Å². The number of hydrogen-bond acceptors (Lipinski definition) is 2. The molecule has 2 aliphatic heterocycles. The summed E-state index contributed by atoms with van der Waals surface area (Å²) in [7, 11) is 0. The fraction of sp³-hybridized carbons (Fsp3) is 0.929. The Hall–Kier alpha value is -0.770. The molecule has 3 fully saturated rings. The zero-order chi connectivity index (χ0) is 12.6. The molecule has 2 N–H and O–H groups in total. The second kappa shape index (κ2) is 4.72. The zero-order valence-corrected chi connectivity index (χ0v) is 11.2. The summed E-state index contributed by atoms with van der Waals surface area (Å²) in [5.41, 5.74) is 0.428. The van der Waals surface area contributed by atoms with Crippen molar-refractivity contribution < 1.29 is 9.53 Å². The van der Waals surface area contributed by atoms with Crippen molar-refractivity contribution in [2.24, 2.45) is 5.41 Å². The van der Waals surface area contributed by atoms with Crippen LogP contribution in [0.3, 0.4) is 0 Å². The lowest BCUT2D eigenvalue weighted by atomic mass is 9.96. The number of amides is 2. The van der Waals surface area contributed by atoms with E-state index in [1.54, 1.807) is 0 Å². The topological polar surface area (TPSA) is 50.4 Å². The lowest BCUT2D eigenvalue weighted by Gasteiger charge is -2.21. The molecule has 0 spiro atoms. The smallest absolute Gasteiger partial charge is 0.315 e. The summed E-state index contributed by atoms with van der Waals surface area (Å²) in [4.78, 5) is 11.9. The molecule has 0 aromatic carbocycles. The van der Waals surface area contributed by atoms with Crippen LogP contribution in [0.25, 0.3) is 0 Å². The van der Waals surface area contributed by atoms with Crippen LogP contribution in [0.5, 0.6) is 0 Å². The first-order chi connectivity index (χ1) is 8.71. The van der Waals surface area contributed by atoms with Gasteiger partial charge in [0.2, 0.25) is 0 Å². The van der Waals surface area contributed by atoms with Crippen LogP contribution in [-0.4, -0.2) is 30.8 Å². The van der Waals surface area contributed by atoms with E-state index in [9.17, 15) is 4.79 Å². The second-order valence-electron chi connectivity index (χ2n) is 6.29. The maximum atomic E-state index is 11.9. The van der Waals surface area contributed by atoms with Gasteiger partial charge >= 0.3 is 6.03 Å². The van der Waals surface area contributed by atoms with Gasteiger partial charge in [0.05, 0.1) is 18.2 Å². The minimum atomic E-state index is -0.00136. The SMILES string of the molecule is CCCC1(CNC(=O)N[C@@H]2C[C@H]3CC[C@H]2O3)CC1. The fourth-order valence-electron chi connectivity index (χ4n) is 3.50. The van der Waals surface area contributed by atoms with Gasteiger partial charge in [-0.2, -0.15) is 0 Å². The number of carbonyl (C=O) groups is 1. The molecule has 0 unspecified atom stereocenters. The van der Waals surface area contributed by atoms with E-state index in [2.05, 4.69) is 17.6 Å². The minimum Gasteiger partial charge on any atom is -0.373 e. The van der Waals surface area contributed by atoms with Crippen LogP contribution in [0.4, 0.5) is 4.79 Å². The summed E-state index contributed by atoms with van der Waals surface area (Å²) in [5, 5.41) is 6.13. The average Bonchev–Trinajstić information content (AvgIpc) is 2.82. The molecule has 102 valence electrons. The summed E-state index contributed by atoms with van der Waals surface area (Å²) in [6.45, 7) is 3.06. The highest BCUT2D eigenvalue weighted by Crippen LogP contribution is 2.48. The highest BCUT2D eigenvalue weighted by atomic mass is 16.5. The number of rotatable bonds is 5. The average molecular weight is 252 g/mol.